The standard InChI is InChI=1S/C13H26N2O/c1-5-11-6-7-12(9(11)3)15-13(16)8(2)10(4)14/h8-12H,5-7,14H2,1-4H3,(H,15,16). The van der Waals surface area contributed by atoms with Crippen LogP contribution in [-0.2, 0) is 4.79 Å². The molecule has 3 N–H and O–H groups in total. The number of nitrogens with two attached hydrogens (primary N) is 1. The third-order valence-corrected chi connectivity index (χ3v) is 4.28. The van der Waals surface area contributed by atoms with Crippen molar-refractivity contribution >= 4 is 5.91 Å². The maximum absolute atomic E-state index is 11.9. The molecule has 5 atom stereocenters. The van der Waals surface area contributed by atoms with Crippen molar-refractivity contribution in [2.45, 2.75) is 59.0 Å². The number of hydrogen-bond donors (Lipinski definition) is 2. The Labute approximate surface area is 99.2 Å². The lowest BCUT2D eigenvalue weighted by Gasteiger charge is -2.24. The molecular formula is C13H26N2O. The Kier molecular flexibility index (Phi) is 4.78. The maximum atomic E-state index is 11.9. The van der Waals surface area contributed by atoms with Crippen LogP contribution in [0.15, 0.2) is 0 Å². The highest BCUT2D eigenvalue weighted by atomic mass is 16.2. The molecule has 94 valence electrons. The molecule has 0 radical (unpaired) electrons. The van der Waals surface area contributed by atoms with Gasteiger partial charge in [-0.1, -0.05) is 27.2 Å². The number of amides is 1. The van der Waals surface area contributed by atoms with Crippen molar-refractivity contribution in [3.63, 3.8) is 0 Å². The molecule has 16 heavy (non-hydrogen) atoms. The van der Waals surface area contributed by atoms with Crippen LogP contribution in [0, 0.1) is 17.8 Å². The van der Waals surface area contributed by atoms with Gasteiger partial charge in [-0.25, -0.2) is 0 Å². The first-order valence-corrected chi connectivity index (χ1v) is 6.53. The van der Waals surface area contributed by atoms with Crippen molar-refractivity contribution in [2.75, 3.05) is 0 Å². The van der Waals surface area contributed by atoms with E-state index in [2.05, 4.69) is 19.2 Å². The van der Waals surface area contributed by atoms with E-state index in [4.69, 9.17) is 5.73 Å². The largest absolute Gasteiger partial charge is 0.353 e. The molecule has 1 saturated carbocycles. The van der Waals surface area contributed by atoms with Gasteiger partial charge >= 0.3 is 0 Å². The molecule has 1 aliphatic carbocycles. The predicted octanol–water partition coefficient (Wildman–Crippen LogP) is 1.91. The first-order chi connectivity index (χ1) is 7.47. The van der Waals surface area contributed by atoms with Crippen molar-refractivity contribution in [3.8, 4) is 0 Å². The van der Waals surface area contributed by atoms with Gasteiger partial charge in [0, 0.05) is 18.0 Å². The summed E-state index contributed by atoms with van der Waals surface area (Å²) in [5.74, 6) is 1.40. The highest BCUT2D eigenvalue weighted by Gasteiger charge is 2.33. The molecule has 0 spiro atoms. The number of hydrogen-bond acceptors (Lipinski definition) is 2. The van der Waals surface area contributed by atoms with Gasteiger partial charge in [-0.2, -0.15) is 0 Å². The quantitative estimate of drug-likeness (QED) is 0.769. The Balaban J connectivity index is 2.47. The van der Waals surface area contributed by atoms with E-state index in [-0.39, 0.29) is 17.9 Å². The SMILES string of the molecule is CCC1CCC(NC(=O)C(C)C(C)N)C1C. The summed E-state index contributed by atoms with van der Waals surface area (Å²) in [6, 6.07) is 0.289. The normalized spacial score (nSPS) is 33.4. The average molecular weight is 226 g/mol. The zero-order chi connectivity index (χ0) is 12.3. The molecule has 3 nitrogen and oxygen atoms in total. The zero-order valence-corrected chi connectivity index (χ0v) is 11.0. The van der Waals surface area contributed by atoms with E-state index in [0.717, 1.165) is 12.3 Å². The minimum absolute atomic E-state index is 0.0707. The third-order valence-electron chi connectivity index (χ3n) is 4.28. The number of carbonyl (C=O) groups excluding carboxylic acids is 1. The number of nitrogens with one attached hydrogen (secondary N) is 1. The molecule has 3 heteroatoms. The van der Waals surface area contributed by atoms with Crippen LogP contribution in [0.25, 0.3) is 0 Å². The summed E-state index contributed by atoms with van der Waals surface area (Å²) in [5.41, 5.74) is 5.74. The van der Waals surface area contributed by atoms with E-state index < -0.39 is 0 Å². The smallest absolute Gasteiger partial charge is 0.224 e. The topological polar surface area (TPSA) is 55.1 Å². The molecule has 0 aromatic rings. The molecule has 5 unspecified atom stereocenters. The molecule has 0 saturated heterocycles. The Bertz CT molecular complexity index is 240. The van der Waals surface area contributed by atoms with Crippen molar-refractivity contribution in [1.82, 2.24) is 5.32 Å². The summed E-state index contributed by atoms with van der Waals surface area (Å²) in [6.07, 6.45) is 3.59. The second-order valence-electron chi connectivity index (χ2n) is 5.37. The molecule has 0 aromatic heterocycles. The van der Waals surface area contributed by atoms with Crippen LogP contribution in [0.4, 0.5) is 0 Å². The first kappa shape index (κ1) is 13.5. The van der Waals surface area contributed by atoms with Crippen LogP contribution < -0.4 is 11.1 Å². The molecule has 1 fully saturated rings. The van der Waals surface area contributed by atoms with E-state index in [1.165, 1.54) is 12.8 Å². The fourth-order valence-corrected chi connectivity index (χ4v) is 2.58. The van der Waals surface area contributed by atoms with Gasteiger partial charge in [0.15, 0.2) is 0 Å². The molecule has 1 aliphatic rings. The minimum Gasteiger partial charge on any atom is -0.353 e. The van der Waals surface area contributed by atoms with Crippen LogP contribution in [0.3, 0.4) is 0 Å². The van der Waals surface area contributed by atoms with Crippen LogP contribution in [-0.4, -0.2) is 18.0 Å². The summed E-state index contributed by atoms with van der Waals surface area (Å²) < 4.78 is 0. The monoisotopic (exact) mass is 226 g/mol. The highest BCUT2D eigenvalue weighted by molar-refractivity contribution is 5.79. The lowest BCUT2D eigenvalue weighted by molar-refractivity contribution is -0.125. The van der Waals surface area contributed by atoms with Crippen LogP contribution in [0.5, 0.6) is 0 Å². The second-order valence-corrected chi connectivity index (χ2v) is 5.37. The third kappa shape index (κ3) is 2.97. The van der Waals surface area contributed by atoms with Crippen LogP contribution in [0.2, 0.25) is 0 Å². The maximum Gasteiger partial charge on any atom is 0.224 e. The Morgan fingerprint density at radius 1 is 1.44 bits per heavy atom. The van der Waals surface area contributed by atoms with E-state index in [9.17, 15) is 4.79 Å². The van der Waals surface area contributed by atoms with Gasteiger partial charge in [-0.05, 0) is 31.6 Å². The fourth-order valence-electron chi connectivity index (χ4n) is 2.58. The Morgan fingerprint density at radius 2 is 2.06 bits per heavy atom. The van der Waals surface area contributed by atoms with Crippen molar-refractivity contribution in [3.05, 3.63) is 0 Å². The number of rotatable bonds is 4. The molecular weight excluding hydrogens is 200 g/mol. The van der Waals surface area contributed by atoms with Crippen molar-refractivity contribution in [1.29, 1.82) is 0 Å². The van der Waals surface area contributed by atoms with Crippen LogP contribution in [0.1, 0.15) is 47.0 Å². The van der Waals surface area contributed by atoms with Crippen LogP contribution >= 0.6 is 0 Å². The van der Waals surface area contributed by atoms with Gasteiger partial charge in [0.25, 0.3) is 0 Å². The zero-order valence-electron chi connectivity index (χ0n) is 11.0. The van der Waals surface area contributed by atoms with E-state index >= 15 is 0 Å². The molecule has 0 bridgehead atoms. The Morgan fingerprint density at radius 3 is 2.50 bits per heavy atom. The van der Waals surface area contributed by atoms with E-state index in [1.807, 2.05) is 13.8 Å². The fraction of sp³-hybridized carbons (Fsp3) is 0.923. The van der Waals surface area contributed by atoms with Crippen molar-refractivity contribution < 1.29 is 4.79 Å². The molecule has 0 aliphatic heterocycles. The highest BCUT2D eigenvalue weighted by Crippen LogP contribution is 2.33. The Hall–Kier alpha value is -0.570. The molecule has 1 amide bonds. The molecule has 0 aromatic carbocycles. The van der Waals surface area contributed by atoms with Gasteiger partial charge in [0.2, 0.25) is 5.91 Å². The molecule has 0 heterocycles. The van der Waals surface area contributed by atoms with Gasteiger partial charge in [0.1, 0.15) is 0 Å². The van der Waals surface area contributed by atoms with Gasteiger partial charge in [0.05, 0.1) is 0 Å². The minimum atomic E-state index is -0.0899. The van der Waals surface area contributed by atoms with Gasteiger partial charge in [-0.15, -0.1) is 0 Å². The predicted molar refractivity (Wildman–Crippen MR) is 66.9 cm³/mol. The number of carbonyl (C=O) groups is 1. The van der Waals surface area contributed by atoms with Gasteiger partial charge in [-0.3, -0.25) is 4.79 Å². The lowest BCUT2D eigenvalue weighted by atomic mass is 9.93. The van der Waals surface area contributed by atoms with E-state index in [1.54, 1.807) is 0 Å². The van der Waals surface area contributed by atoms with E-state index in [0.29, 0.717) is 12.0 Å². The first-order valence-electron chi connectivity index (χ1n) is 6.53. The lowest BCUT2D eigenvalue weighted by Crippen LogP contribution is -2.44. The van der Waals surface area contributed by atoms with Gasteiger partial charge < -0.3 is 11.1 Å². The summed E-state index contributed by atoms with van der Waals surface area (Å²) in [5, 5.41) is 3.16. The summed E-state index contributed by atoms with van der Waals surface area (Å²) in [4.78, 5) is 11.9. The summed E-state index contributed by atoms with van der Waals surface area (Å²) in [7, 11) is 0. The summed E-state index contributed by atoms with van der Waals surface area (Å²) >= 11 is 0. The average Bonchev–Trinajstić information content (AvgIpc) is 2.58. The molecule has 1 rings (SSSR count). The second kappa shape index (κ2) is 5.67. The van der Waals surface area contributed by atoms with Crippen molar-refractivity contribution in [2.24, 2.45) is 23.5 Å². The summed E-state index contributed by atoms with van der Waals surface area (Å²) in [6.45, 7) is 8.27.